The number of hydrogen-bond acceptors (Lipinski definition) is 5. The quantitative estimate of drug-likeness (QED) is 0.609. The number of nitrogens with zero attached hydrogens (tertiary/aromatic N) is 3. The van der Waals surface area contributed by atoms with Gasteiger partial charge < -0.3 is 20.4 Å². The van der Waals surface area contributed by atoms with Crippen molar-refractivity contribution in [3.63, 3.8) is 0 Å². The van der Waals surface area contributed by atoms with Crippen LogP contribution in [0.15, 0.2) is 24.3 Å². The van der Waals surface area contributed by atoms with Gasteiger partial charge >= 0.3 is 6.03 Å². The Labute approximate surface area is 142 Å². The number of piperazine rings is 1. The number of anilines is 1. The Kier molecular flexibility index (Phi) is 6.51. The maximum atomic E-state index is 11.9. The van der Waals surface area contributed by atoms with E-state index < -0.39 is 4.92 Å². The SMILES string of the molecule is CC(CNC(=O)Nc1cccc([N+](=O)[O-])c1)CN1CCN(C)CC1. The summed E-state index contributed by atoms with van der Waals surface area (Å²) in [7, 11) is 2.13. The van der Waals surface area contributed by atoms with Gasteiger partial charge in [0.2, 0.25) is 0 Å². The van der Waals surface area contributed by atoms with E-state index in [-0.39, 0.29) is 11.7 Å². The van der Waals surface area contributed by atoms with Crippen molar-refractivity contribution in [2.75, 3.05) is 51.6 Å². The van der Waals surface area contributed by atoms with Crippen LogP contribution in [0.1, 0.15) is 6.92 Å². The highest BCUT2D eigenvalue weighted by Crippen LogP contribution is 2.16. The number of urea groups is 1. The molecule has 2 amide bonds. The van der Waals surface area contributed by atoms with Crippen LogP contribution < -0.4 is 10.6 Å². The average Bonchev–Trinajstić information content (AvgIpc) is 2.55. The van der Waals surface area contributed by atoms with E-state index in [1.54, 1.807) is 12.1 Å². The van der Waals surface area contributed by atoms with Crippen LogP contribution in [-0.4, -0.2) is 67.1 Å². The summed E-state index contributed by atoms with van der Waals surface area (Å²) in [5.74, 6) is 0.337. The predicted molar refractivity (Wildman–Crippen MR) is 93.2 cm³/mol. The summed E-state index contributed by atoms with van der Waals surface area (Å²) in [4.78, 5) is 26.9. The second kappa shape index (κ2) is 8.60. The van der Waals surface area contributed by atoms with Gasteiger partial charge in [-0.25, -0.2) is 4.79 Å². The molecule has 1 heterocycles. The number of carbonyl (C=O) groups is 1. The van der Waals surface area contributed by atoms with Crippen LogP contribution in [-0.2, 0) is 0 Å². The van der Waals surface area contributed by atoms with Crippen LogP contribution in [0, 0.1) is 16.0 Å². The predicted octanol–water partition coefficient (Wildman–Crippen LogP) is 1.60. The molecule has 1 aromatic rings. The van der Waals surface area contributed by atoms with Gasteiger partial charge in [0.05, 0.1) is 4.92 Å². The first-order valence-electron chi connectivity index (χ1n) is 8.14. The summed E-state index contributed by atoms with van der Waals surface area (Å²) < 4.78 is 0. The number of nitrogens with one attached hydrogen (secondary N) is 2. The second-order valence-corrected chi connectivity index (χ2v) is 6.35. The number of nitro groups is 1. The molecule has 0 aliphatic carbocycles. The van der Waals surface area contributed by atoms with Crippen molar-refractivity contribution in [3.8, 4) is 0 Å². The van der Waals surface area contributed by atoms with Gasteiger partial charge in [-0.15, -0.1) is 0 Å². The van der Waals surface area contributed by atoms with E-state index in [9.17, 15) is 14.9 Å². The molecule has 24 heavy (non-hydrogen) atoms. The molecule has 0 aromatic heterocycles. The average molecular weight is 335 g/mol. The molecular weight excluding hydrogens is 310 g/mol. The van der Waals surface area contributed by atoms with Crippen molar-refractivity contribution in [3.05, 3.63) is 34.4 Å². The second-order valence-electron chi connectivity index (χ2n) is 6.35. The van der Waals surface area contributed by atoms with Gasteiger partial charge in [-0.1, -0.05) is 13.0 Å². The van der Waals surface area contributed by atoms with Gasteiger partial charge in [-0.2, -0.15) is 0 Å². The van der Waals surface area contributed by atoms with Gasteiger partial charge in [-0.05, 0) is 19.0 Å². The molecule has 0 radical (unpaired) electrons. The van der Waals surface area contributed by atoms with Crippen LogP contribution in [0.2, 0.25) is 0 Å². The first-order valence-corrected chi connectivity index (χ1v) is 8.14. The van der Waals surface area contributed by atoms with Crippen molar-refractivity contribution in [1.29, 1.82) is 0 Å². The first-order chi connectivity index (χ1) is 11.4. The Morgan fingerprint density at radius 3 is 2.71 bits per heavy atom. The zero-order valence-corrected chi connectivity index (χ0v) is 14.2. The fraction of sp³-hybridized carbons (Fsp3) is 0.562. The lowest BCUT2D eigenvalue weighted by molar-refractivity contribution is -0.384. The largest absolute Gasteiger partial charge is 0.338 e. The Balaban J connectivity index is 1.72. The van der Waals surface area contributed by atoms with Crippen LogP contribution in [0.25, 0.3) is 0 Å². The molecule has 1 fully saturated rings. The summed E-state index contributed by atoms with van der Waals surface area (Å²) in [5, 5.41) is 16.2. The molecule has 1 saturated heterocycles. The topological polar surface area (TPSA) is 90.7 Å². The Morgan fingerprint density at radius 1 is 1.33 bits per heavy atom. The van der Waals surface area contributed by atoms with Gasteiger partial charge in [0.1, 0.15) is 0 Å². The lowest BCUT2D eigenvalue weighted by atomic mass is 10.1. The van der Waals surface area contributed by atoms with E-state index in [2.05, 4.69) is 34.4 Å². The molecular formula is C16H25N5O3. The van der Waals surface area contributed by atoms with Gasteiger partial charge in [-0.3, -0.25) is 10.1 Å². The molecule has 8 nitrogen and oxygen atoms in total. The van der Waals surface area contributed by atoms with Crippen LogP contribution in [0.4, 0.5) is 16.2 Å². The zero-order chi connectivity index (χ0) is 17.5. The number of carbonyl (C=O) groups excluding carboxylic acids is 1. The summed E-state index contributed by atoms with van der Waals surface area (Å²) in [6, 6.07) is 5.55. The first kappa shape index (κ1) is 18.2. The number of likely N-dealkylation sites (N-methyl/N-ethyl adjacent to an activating group) is 1. The molecule has 132 valence electrons. The van der Waals surface area contributed by atoms with Crippen LogP contribution in [0.5, 0.6) is 0 Å². The number of amides is 2. The minimum absolute atomic E-state index is 0.0452. The maximum absolute atomic E-state index is 11.9. The fourth-order valence-electron chi connectivity index (χ4n) is 2.68. The molecule has 0 bridgehead atoms. The number of hydrogen-bond donors (Lipinski definition) is 2. The van der Waals surface area contributed by atoms with Crippen molar-refractivity contribution in [2.24, 2.45) is 5.92 Å². The molecule has 0 saturated carbocycles. The van der Waals surface area contributed by atoms with E-state index in [1.807, 2.05) is 0 Å². The normalized spacial score (nSPS) is 17.2. The van der Waals surface area contributed by atoms with Crippen LogP contribution >= 0.6 is 0 Å². The van der Waals surface area contributed by atoms with Crippen molar-refractivity contribution >= 4 is 17.4 Å². The standard InChI is InChI=1S/C16H25N5O3/c1-13(12-20-8-6-19(2)7-9-20)11-17-16(22)18-14-4-3-5-15(10-14)21(23)24/h3-5,10,13H,6-9,11-12H2,1-2H3,(H2,17,18,22). The molecule has 1 aromatic carbocycles. The number of non-ortho nitro benzene ring substituents is 1. The highest BCUT2D eigenvalue weighted by molar-refractivity contribution is 5.89. The van der Waals surface area contributed by atoms with E-state index in [4.69, 9.17) is 0 Å². The van der Waals surface area contributed by atoms with Gasteiger partial charge in [0.25, 0.3) is 5.69 Å². The van der Waals surface area contributed by atoms with E-state index in [0.29, 0.717) is 18.2 Å². The van der Waals surface area contributed by atoms with E-state index >= 15 is 0 Å². The minimum Gasteiger partial charge on any atom is -0.338 e. The molecule has 0 spiro atoms. The maximum Gasteiger partial charge on any atom is 0.319 e. The van der Waals surface area contributed by atoms with Gasteiger partial charge in [0, 0.05) is 57.1 Å². The lowest BCUT2D eigenvalue weighted by Crippen LogP contribution is -2.47. The zero-order valence-electron chi connectivity index (χ0n) is 14.2. The molecule has 1 unspecified atom stereocenters. The fourth-order valence-corrected chi connectivity index (χ4v) is 2.68. The van der Waals surface area contributed by atoms with E-state index in [1.165, 1.54) is 12.1 Å². The third kappa shape index (κ3) is 5.78. The van der Waals surface area contributed by atoms with Gasteiger partial charge in [0.15, 0.2) is 0 Å². The highest BCUT2D eigenvalue weighted by atomic mass is 16.6. The summed E-state index contributed by atoms with van der Waals surface area (Å²) in [6.45, 7) is 7.88. The Hall–Kier alpha value is -2.19. The Bertz CT molecular complexity index is 573. The molecule has 1 aliphatic rings. The number of rotatable bonds is 6. The van der Waals surface area contributed by atoms with E-state index in [0.717, 1.165) is 32.7 Å². The third-order valence-electron chi connectivity index (χ3n) is 4.09. The molecule has 2 N–H and O–H groups in total. The monoisotopic (exact) mass is 335 g/mol. The third-order valence-corrected chi connectivity index (χ3v) is 4.09. The molecule has 2 rings (SSSR count). The number of benzene rings is 1. The summed E-state index contributed by atoms with van der Waals surface area (Å²) in [6.07, 6.45) is 0. The summed E-state index contributed by atoms with van der Waals surface area (Å²) >= 11 is 0. The lowest BCUT2D eigenvalue weighted by Gasteiger charge is -2.33. The minimum atomic E-state index is -0.485. The van der Waals surface area contributed by atoms with Crippen molar-refractivity contribution < 1.29 is 9.72 Å². The summed E-state index contributed by atoms with van der Waals surface area (Å²) in [5.41, 5.74) is 0.365. The number of nitro benzene ring substituents is 1. The molecule has 1 atom stereocenters. The molecule has 8 heteroatoms. The van der Waals surface area contributed by atoms with Crippen molar-refractivity contribution in [1.82, 2.24) is 15.1 Å². The smallest absolute Gasteiger partial charge is 0.319 e. The Morgan fingerprint density at radius 2 is 2.04 bits per heavy atom. The van der Waals surface area contributed by atoms with Crippen molar-refractivity contribution in [2.45, 2.75) is 6.92 Å². The molecule has 1 aliphatic heterocycles. The van der Waals surface area contributed by atoms with Crippen LogP contribution in [0.3, 0.4) is 0 Å². The highest BCUT2D eigenvalue weighted by Gasteiger charge is 2.16.